The second-order valence-electron chi connectivity index (χ2n) is 8.84. The van der Waals surface area contributed by atoms with E-state index >= 15 is 0 Å². The van der Waals surface area contributed by atoms with Crippen LogP contribution in [0.2, 0.25) is 0 Å². The third-order valence-corrected chi connectivity index (χ3v) is 6.09. The fraction of sp³-hybridized carbons (Fsp3) is 0.0690. The number of anilines is 3. The van der Waals surface area contributed by atoms with Crippen LogP contribution in [0.1, 0.15) is 10.4 Å². The van der Waals surface area contributed by atoms with Crippen molar-refractivity contribution in [3.8, 4) is 0 Å². The number of hydrogen-bond acceptors (Lipinski definition) is 5. The number of hydrogen-bond donors (Lipinski definition) is 2. The minimum Gasteiger partial charge on any atom is -0.355 e. The van der Waals surface area contributed by atoms with Gasteiger partial charge in [-0.3, -0.25) is 14.9 Å². The van der Waals surface area contributed by atoms with Crippen molar-refractivity contribution in [3.63, 3.8) is 0 Å². The number of pyridine rings is 2. The maximum Gasteiger partial charge on any atom is 0.270 e. The third-order valence-electron chi connectivity index (χ3n) is 6.09. The summed E-state index contributed by atoms with van der Waals surface area (Å²) >= 11 is 0. The molecule has 0 aliphatic heterocycles. The topological polar surface area (TPSA) is 105 Å². The summed E-state index contributed by atoms with van der Waals surface area (Å²) in [6, 6.07) is 24.9. The Hall–Kier alpha value is -4.83. The van der Waals surface area contributed by atoms with Crippen molar-refractivity contribution >= 4 is 62.2 Å². The van der Waals surface area contributed by atoms with Gasteiger partial charge in [-0.15, -0.1) is 17.0 Å². The van der Waals surface area contributed by atoms with Gasteiger partial charge in [0.25, 0.3) is 11.6 Å². The first-order chi connectivity index (χ1) is 18.4. The summed E-state index contributed by atoms with van der Waals surface area (Å²) in [6.07, 6.45) is 5.78. The predicted octanol–water partition coefficient (Wildman–Crippen LogP) is 5.72. The molecule has 39 heavy (non-hydrogen) atoms. The molecule has 2 heterocycles. The van der Waals surface area contributed by atoms with E-state index < -0.39 is 4.92 Å². The largest absolute Gasteiger partial charge is 0.355 e. The second-order valence-corrected chi connectivity index (χ2v) is 8.84. The number of non-ortho nitro benzene ring substituents is 1. The molecular formula is C29H26BrN6O3+. The van der Waals surface area contributed by atoms with Gasteiger partial charge < -0.3 is 15.2 Å². The number of aryl methyl sites for hydroxylation is 2. The molecule has 0 saturated heterocycles. The van der Waals surface area contributed by atoms with E-state index in [4.69, 9.17) is 0 Å². The number of benzene rings is 3. The summed E-state index contributed by atoms with van der Waals surface area (Å²) in [5, 5.41) is 18.8. The highest BCUT2D eigenvalue weighted by Gasteiger charge is 2.10. The van der Waals surface area contributed by atoms with Crippen LogP contribution in [-0.4, -0.2) is 15.4 Å². The Kier molecular flexibility index (Phi) is 8.16. The highest BCUT2D eigenvalue weighted by Crippen LogP contribution is 2.21. The van der Waals surface area contributed by atoms with Crippen LogP contribution in [-0.2, 0) is 14.1 Å². The molecule has 0 spiro atoms. The van der Waals surface area contributed by atoms with Gasteiger partial charge in [-0.1, -0.05) is 0 Å². The quantitative estimate of drug-likeness (QED) is 0.151. The molecule has 3 aromatic carbocycles. The summed E-state index contributed by atoms with van der Waals surface area (Å²) in [6.45, 7) is 0. The number of halogens is 1. The molecule has 5 rings (SSSR count). The van der Waals surface area contributed by atoms with Gasteiger partial charge in [-0.2, -0.15) is 0 Å². The number of nitrogens with one attached hydrogen (secondary N) is 2. The molecule has 9 nitrogen and oxygen atoms in total. The molecule has 2 aromatic heterocycles. The summed E-state index contributed by atoms with van der Waals surface area (Å²) in [5.74, 6) is -0.236. The number of aromatic nitrogens is 2. The van der Waals surface area contributed by atoms with E-state index in [9.17, 15) is 14.9 Å². The first-order valence-electron chi connectivity index (χ1n) is 11.9. The Morgan fingerprint density at radius 3 is 2.21 bits per heavy atom. The molecule has 196 valence electrons. The van der Waals surface area contributed by atoms with Crippen LogP contribution in [0.5, 0.6) is 0 Å². The van der Waals surface area contributed by atoms with Crippen LogP contribution >= 0.6 is 17.0 Å². The van der Waals surface area contributed by atoms with E-state index in [2.05, 4.69) is 15.6 Å². The summed E-state index contributed by atoms with van der Waals surface area (Å²) in [5.41, 5.74) is 4.52. The zero-order valence-electron chi connectivity index (χ0n) is 21.2. The van der Waals surface area contributed by atoms with Crippen molar-refractivity contribution in [2.24, 2.45) is 19.1 Å². The van der Waals surface area contributed by atoms with E-state index in [-0.39, 0.29) is 28.6 Å². The maximum atomic E-state index is 12.8. The van der Waals surface area contributed by atoms with Crippen LogP contribution in [0, 0.1) is 10.1 Å². The van der Waals surface area contributed by atoms with Crippen LogP contribution in [0.4, 0.5) is 28.4 Å². The lowest BCUT2D eigenvalue weighted by molar-refractivity contribution is -0.671. The van der Waals surface area contributed by atoms with Crippen molar-refractivity contribution in [1.29, 1.82) is 0 Å². The molecule has 0 fully saturated rings. The zero-order valence-corrected chi connectivity index (χ0v) is 22.9. The van der Waals surface area contributed by atoms with Crippen molar-refractivity contribution < 1.29 is 14.3 Å². The molecule has 0 saturated carbocycles. The lowest BCUT2D eigenvalue weighted by Crippen LogP contribution is -2.25. The van der Waals surface area contributed by atoms with Gasteiger partial charge in [-0.25, -0.2) is 9.56 Å². The number of nitro benzene ring substituents is 1. The number of rotatable bonds is 6. The number of nitrogens with zero attached hydrogens (tertiary/aromatic N) is 4. The van der Waals surface area contributed by atoms with Gasteiger partial charge in [0, 0.05) is 59.8 Å². The van der Waals surface area contributed by atoms with E-state index in [1.54, 1.807) is 30.3 Å². The van der Waals surface area contributed by atoms with Gasteiger partial charge in [0.1, 0.15) is 7.05 Å². The highest BCUT2D eigenvalue weighted by molar-refractivity contribution is 8.93. The molecule has 2 N–H and O–H groups in total. The molecule has 5 aromatic rings. The predicted molar refractivity (Wildman–Crippen MR) is 157 cm³/mol. The first-order valence-corrected chi connectivity index (χ1v) is 11.9. The van der Waals surface area contributed by atoms with Gasteiger partial charge in [0.05, 0.1) is 27.2 Å². The standard InChI is InChI=1S/C29H24N6O3.BrH/c1-33-16-13-24(14-17-33)30-21-7-9-23(10-8-21)32-29(36)20-3-5-22(6-4-20)31-27-15-18-34(2)28-12-11-25(35(37)38)19-26(27)28;/h3-19H,1-2H3,(H,32,36);1H/p+1. The second kappa shape index (κ2) is 11.7. The van der Waals surface area contributed by atoms with Crippen molar-refractivity contribution in [2.75, 3.05) is 10.6 Å². The van der Waals surface area contributed by atoms with Crippen LogP contribution < -0.4 is 20.6 Å². The van der Waals surface area contributed by atoms with Crippen molar-refractivity contribution in [1.82, 2.24) is 4.57 Å². The molecule has 1 amide bonds. The number of carbonyl (C=O) groups is 1. The van der Waals surface area contributed by atoms with Crippen LogP contribution in [0.15, 0.2) is 109 Å². The normalized spacial score (nSPS) is 11.1. The Balaban J connectivity index is 0.00000353. The summed E-state index contributed by atoms with van der Waals surface area (Å²) in [7, 11) is 3.84. The molecule has 0 unspecified atom stereocenters. The zero-order chi connectivity index (χ0) is 26.6. The number of amides is 1. The van der Waals surface area contributed by atoms with Crippen LogP contribution in [0.3, 0.4) is 0 Å². The lowest BCUT2D eigenvalue weighted by Gasteiger charge is -2.09. The van der Waals surface area contributed by atoms with Gasteiger partial charge in [-0.05, 0) is 60.7 Å². The van der Waals surface area contributed by atoms with E-state index in [1.807, 2.05) is 84.3 Å². The van der Waals surface area contributed by atoms with Crippen molar-refractivity contribution in [3.05, 3.63) is 125 Å². The molecule has 0 radical (unpaired) electrons. The van der Waals surface area contributed by atoms with Crippen molar-refractivity contribution in [2.45, 2.75) is 0 Å². The van der Waals surface area contributed by atoms with Gasteiger partial charge in [0.15, 0.2) is 12.4 Å². The monoisotopic (exact) mass is 585 g/mol. The van der Waals surface area contributed by atoms with E-state index in [0.29, 0.717) is 27.7 Å². The van der Waals surface area contributed by atoms with Crippen LogP contribution in [0.25, 0.3) is 10.9 Å². The fourth-order valence-corrected chi connectivity index (χ4v) is 4.02. The molecule has 10 heteroatoms. The average Bonchev–Trinajstić information content (AvgIpc) is 2.93. The Bertz CT molecular complexity index is 1710. The Morgan fingerprint density at radius 2 is 1.54 bits per heavy atom. The number of carbonyl (C=O) groups excluding carboxylic acids is 1. The fourth-order valence-electron chi connectivity index (χ4n) is 4.02. The molecule has 0 atom stereocenters. The number of nitro groups is 1. The van der Waals surface area contributed by atoms with E-state index in [1.165, 1.54) is 12.1 Å². The van der Waals surface area contributed by atoms with E-state index in [0.717, 1.165) is 16.9 Å². The lowest BCUT2D eigenvalue weighted by atomic mass is 10.1. The SMILES string of the molecule is Br.Cn1ccc(=Nc2ccc(C(=O)Nc3ccc(Nc4cc[n+](C)cc4)cc3)cc2)c2cc([N+](=O)[O-])ccc21. The average molecular weight is 586 g/mol. The Morgan fingerprint density at radius 1 is 0.897 bits per heavy atom. The highest BCUT2D eigenvalue weighted by atomic mass is 79.9. The first kappa shape index (κ1) is 27.2. The number of fused-ring (bicyclic) bond motifs is 1. The summed E-state index contributed by atoms with van der Waals surface area (Å²) in [4.78, 5) is 28.3. The third kappa shape index (κ3) is 6.36. The Labute approximate surface area is 235 Å². The molecule has 0 aliphatic rings. The van der Waals surface area contributed by atoms with Gasteiger partial charge in [0.2, 0.25) is 0 Å². The van der Waals surface area contributed by atoms with Gasteiger partial charge >= 0.3 is 0 Å². The summed E-state index contributed by atoms with van der Waals surface area (Å²) < 4.78 is 3.85. The molecule has 0 bridgehead atoms. The minimum absolute atomic E-state index is 0. The molecular weight excluding hydrogens is 560 g/mol. The minimum atomic E-state index is -0.420. The molecule has 0 aliphatic carbocycles. The smallest absolute Gasteiger partial charge is 0.270 e. The maximum absolute atomic E-state index is 12.8.